The molecular weight excluding hydrogens is 242 g/mol. The molecule has 0 radical (unpaired) electrons. The number of hydrogen-bond acceptors (Lipinski definition) is 2. The smallest absolute Gasteiger partial charge is 0.311 e. The number of nitrogens with zero attached hydrogens (tertiary/aromatic N) is 1. The maximum absolute atomic E-state index is 12.8. The minimum absolute atomic E-state index is 0.198. The van der Waals surface area contributed by atoms with Crippen molar-refractivity contribution in [3.63, 3.8) is 0 Å². The second-order valence-electron chi connectivity index (χ2n) is 6.54. The Labute approximate surface area is 115 Å². The lowest BCUT2D eigenvalue weighted by Gasteiger charge is -2.41. The van der Waals surface area contributed by atoms with E-state index in [1.807, 2.05) is 4.90 Å². The molecule has 108 valence electrons. The van der Waals surface area contributed by atoms with Crippen LogP contribution in [0.15, 0.2) is 0 Å². The van der Waals surface area contributed by atoms with E-state index in [0.717, 1.165) is 45.1 Å². The molecule has 1 aliphatic carbocycles. The second-order valence-corrected chi connectivity index (χ2v) is 6.54. The number of carboxylic acids is 1. The summed E-state index contributed by atoms with van der Waals surface area (Å²) in [4.78, 5) is 26.0. The maximum Gasteiger partial charge on any atom is 0.311 e. The lowest BCUT2D eigenvalue weighted by Crippen LogP contribution is -2.52. The Morgan fingerprint density at radius 2 is 1.79 bits per heavy atom. The maximum atomic E-state index is 12.8. The van der Waals surface area contributed by atoms with E-state index in [9.17, 15) is 14.7 Å². The first kappa shape index (κ1) is 14.4. The van der Waals surface area contributed by atoms with Crippen molar-refractivity contribution in [2.75, 3.05) is 13.1 Å². The van der Waals surface area contributed by atoms with Crippen LogP contribution in [0, 0.1) is 10.8 Å². The standard InChI is InChI=1S/C15H25NO3/c1-3-15(8-4-5-9-15)12(17)16-10-6-7-14(2,11-16)13(18)19/h3-11H2,1-2H3,(H,18,19). The Morgan fingerprint density at radius 1 is 1.16 bits per heavy atom. The third-order valence-electron chi connectivity index (χ3n) is 5.19. The zero-order chi connectivity index (χ0) is 14.1. The van der Waals surface area contributed by atoms with Gasteiger partial charge >= 0.3 is 5.97 Å². The summed E-state index contributed by atoms with van der Waals surface area (Å²) in [7, 11) is 0. The molecule has 1 N–H and O–H groups in total. The Kier molecular flexibility index (Phi) is 3.88. The highest BCUT2D eigenvalue weighted by Gasteiger charge is 2.46. The molecule has 0 aromatic heterocycles. The lowest BCUT2D eigenvalue weighted by molar-refractivity contribution is -0.156. The number of hydrogen-bond donors (Lipinski definition) is 1. The number of aliphatic carboxylic acids is 1. The van der Waals surface area contributed by atoms with Gasteiger partial charge in [-0.1, -0.05) is 19.8 Å². The van der Waals surface area contributed by atoms with Crippen molar-refractivity contribution in [2.45, 2.75) is 58.8 Å². The summed E-state index contributed by atoms with van der Waals surface area (Å²) in [5, 5.41) is 9.35. The van der Waals surface area contributed by atoms with Crippen molar-refractivity contribution in [1.29, 1.82) is 0 Å². The molecule has 1 aliphatic heterocycles. The molecule has 1 saturated carbocycles. The lowest BCUT2D eigenvalue weighted by atomic mass is 9.78. The van der Waals surface area contributed by atoms with Crippen LogP contribution in [0.25, 0.3) is 0 Å². The monoisotopic (exact) mass is 267 g/mol. The summed E-state index contributed by atoms with van der Waals surface area (Å²) in [6, 6.07) is 0. The van der Waals surface area contributed by atoms with Gasteiger partial charge in [0.05, 0.1) is 5.41 Å². The molecule has 1 atom stereocenters. The van der Waals surface area contributed by atoms with Crippen molar-refractivity contribution in [2.24, 2.45) is 10.8 Å². The van der Waals surface area contributed by atoms with Crippen molar-refractivity contribution in [1.82, 2.24) is 4.90 Å². The number of carbonyl (C=O) groups is 2. The van der Waals surface area contributed by atoms with E-state index in [0.29, 0.717) is 13.0 Å². The summed E-state index contributed by atoms with van der Waals surface area (Å²) in [6.07, 6.45) is 6.56. The molecule has 4 nitrogen and oxygen atoms in total. The van der Waals surface area contributed by atoms with Crippen LogP contribution in [0.2, 0.25) is 0 Å². The zero-order valence-corrected chi connectivity index (χ0v) is 12.1. The largest absolute Gasteiger partial charge is 0.481 e. The predicted molar refractivity (Wildman–Crippen MR) is 72.7 cm³/mol. The minimum Gasteiger partial charge on any atom is -0.481 e. The van der Waals surface area contributed by atoms with E-state index in [2.05, 4.69) is 6.92 Å². The van der Waals surface area contributed by atoms with Gasteiger partial charge in [-0.15, -0.1) is 0 Å². The molecule has 2 aliphatic rings. The molecule has 2 fully saturated rings. The number of carbonyl (C=O) groups excluding carboxylic acids is 1. The van der Waals surface area contributed by atoms with Gasteiger partial charge in [-0.2, -0.15) is 0 Å². The summed E-state index contributed by atoms with van der Waals surface area (Å²) in [5.41, 5.74) is -0.960. The number of likely N-dealkylation sites (tertiary alicyclic amines) is 1. The Morgan fingerprint density at radius 3 is 2.32 bits per heavy atom. The molecule has 0 bridgehead atoms. The molecule has 1 heterocycles. The molecule has 1 saturated heterocycles. The van der Waals surface area contributed by atoms with Crippen LogP contribution in [-0.2, 0) is 9.59 Å². The van der Waals surface area contributed by atoms with E-state index in [1.165, 1.54) is 0 Å². The average molecular weight is 267 g/mol. The van der Waals surface area contributed by atoms with Gasteiger partial charge in [-0.3, -0.25) is 9.59 Å². The second kappa shape index (κ2) is 5.14. The molecule has 2 rings (SSSR count). The number of carboxylic acid groups (broad SMARTS) is 1. The van der Waals surface area contributed by atoms with Crippen LogP contribution >= 0.6 is 0 Å². The molecule has 1 unspecified atom stereocenters. The fourth-order valence-electron chi connectivity index (χ4n) is 3.69. The zero-order valence-electron chi connectivity index (χ0n) is 12.1. The number of amides is 1. The highest BCUT2D eigenvalue weighted by Crippen LogP contribution is 2.43. The Bertz CT molecular complexity index is 374. The van der Waals surface area contributed by atoms with Gasteiger partial charge in [-0.05, 0) is 39.0 Å². The van der Waals surface area contributed by atoms with Crippen molar-refractivity contribution >= 4 is 11.9 Å². The average Bonchev–Trinajstić information content (AvgIpc) is 2.87. The molecule has 1 amide bonds. The molecule has 4 heteroatoms. The Hall–Kier alpha value is -1.06. The molecule has 0 aromatic rings. The first-order valence-corrected chi connectivity index (χ1v) is 7.46. The van der Waals surface area contributed by atoms with E-state index in [1.54, 1.807) is 6.92 Å². The number of rotatable bonds is 3. The van der Waals surface area contributed by atoms with E-state index in [-0.39, 0.29) is 11.3 Å². The summed E-state index contributed by atoms with van der Waals surface area (Å²) < 4.78 is 0. The molecule has 0 spiro atoms. The van der Waals surface area contributed by atoms with Crippen LogP contribution in [-0.4, -0.2) is 35.0 Å². The van der Waals surface area contributed by atoms with Crippen LogP contribution in [0.1, 0.15) is 58.8 Å². The topological polar surface area (TPSA) is 57.6 Å². The van der Waals surface area contributed by atoms with Crippen LogP contribution < -0.4 is 0 Å². The highest BCUT2D eigenvalue weighted by atomic mass is 16.4. The van der Waals surface area contributed by atoms with Gasteiger partial charge in [0.1, 0.15) is 0 Å². The summed E-state index contributed by atoms with van der Waals surface area (Å²) >= 11 is 0. The van der Waals surface area contributed by atoms with E-state index < -0.39 is 11.4 Å². The van der Waals surface area contributed by atoms with Gasteiger partial charge in [0, 0.05) is 18.5 Å². The third kappa shape index (κ3) is 2.49. The van der Waals surface area contributed by atoms with Gasteiger partial charge in [0.2, 0.25) is 5.91 Å². The molecular formula is C15H25NO3. The van der Waals surface area contributed by atoms with Crippen molar-refractivity contribution in [3.8, 4) is 0 Å². The van der Waals surface area contributed by atoms with Gasteiger partial charge < -0.3 is 10.0 Å². The molecule has 0 aromatic carbocycles. The van der Waals surface area contributed by atoms with Gasteiger partial charge in [-0.25, -0.2) is 0 Å². The SMILES string of the molecule is CCC1(C(=O)N2CCCC(C)(C(=O)O)C2)CCCC1. The first-order valence-electron chi connectivity index (χ1n) is 7.46. The van der Waals surface area contributed by atoms with E-state index in [4.69, 9.17) is 0 Å². The fourth-order valence-corrected chi connectivity index (χ4v) is 3.69. The van der Waals surface area contributed by atoms with Gasteiger partial charge in [0.15, 0.2) is 0 Å². The van der Waals surface area contributed by atoms with Crippen LogP contribution in [0.3, 0.4) is 0 Å². The highest BCUT2D eigenvalue weighted by molar-refractivity contribution is 5.84. The summed E-state index contributed by atoms with van der Waals surface area (Å²) in [6.45, 7) is 4.96. The van der Waals surface area contributed by atoms with Crippen molar-refractivity contribution in [3.05, 3.63) is 0 Å². The Balaban J connectivity index is 2.13. The first-order chi connectivity index (χ1) is 8.93. The minimum atomic E-state index is -0.776. The quantitative estimate of drug-likeness (QED) is 0.855. The van der Waals surface area contributed by atoms with Crippen molar-refractivity contribution < 1.29 is 14.7 Å². The fraction of sp³-hybridized carbons (Fsp3) is 0.867. The third-order valence-corrected chi connectivity index (χ3v) is 5.19. The predicted octanol–water partition coefficient (Wildman–Crippen LogP) is 2.67. The van der Waals surface area contributed by atoms with Crippen LogP contribution in [0.4, 0.5) is 0 Å². The molecule has 19 heavy (non-hydrogen) atoms. The normalized spacial score (nSPS) is 30.3. The van der Waals surface area contributed by atoms with Gasteiger partial charge in [0.25, 0.3) is 0 Å². The summed E-state index contributed by atoms with van der Waals surface area (Å²) in [5.74, 6) is -0.568. The van der Waals surface area contributed by atoms with E-state index >= 15 is 0 Å². The van der Waals surface area contributed by atoms with Crippen LogP contribution in [0.5, 0.6) is 0 Å². The number of piperidine rings is 1.